The predicted octanol–water partition coefficient (Wildman–Crippen LogP) is 1.75. The molecule has 0 bridgehead atoms. The number of hydrogen-bond acceptors (Lipinski definition) is 5. The summed E-state index contributed by atoms with van der Waals surface area (Å²) in [6.45, 7) is 2.60. The Kier molecular flexibility index (Phi) is 4.83. The zero-order chi connectivity index (χ0) is 16.2. The third-order valence-corrected chi connectivity index (χ3v) is 3.85. The first kappa shape index (κ1) is 15.8. The molecule has 124 valence electrons. The lowest BCUT2D eigenvalue weighted by atomic mass is 10.1. The van der Waals surface area contributed by atoms with Gasteiger partial charge in [-0.25, -0.2) is 0 Å². The second-order valence-electron chi connectivity index (χ2n) is 5.99. The molecular formula is C17H23N3O3. The van der Waals surface area contributed by atoms with Crippen LogP contribution >= 0.6 is 0 Å². The van der Waals surface area contributed by atoms with Crippen molar-refractivity contribution >= 4 is 0 Å². The number of aliphatic hydroxyl groups is 1. The van der Waals surface area contributed by atoms with Crippen LogP contribution in [0, 0.1) is 0 Å². The minimum Gasteiger partial charge on any atom is -0.490 e. The number of rotatable bonds is 5. The van der Waals surface area contributed by atoms with Crippen LogP contribution in [0.25, 0.3) is 0 Å². The highest BCUT2D eigenvalue weighted by Gasteiger charge is 2.16. The van der Waals surface area contributed by atoms with E-state index >= 15 is 0 Å². The van der Waals surface area contributed by atoms with Crippen molar-refractivity contribution < 1.29 is 14.6 Å². The summed E-state index contributed by atoms with van der Waals surface area (Å²) in [5.74, 6) is 1.47. The molecule has 0 radical (unpaired) electrons. The van der Waals surface area contributed by atoms with E-state index in [9.17, 15) is 5.11 Å². The van der Waals surface area contributed by atoms with E-state index in [0.717, 1.165) is 29.8 Å². The molecule has 1 atom stereocenters. The molecule has 1 aliphatic heterocycles. The fourth-order valence-corrected chi connectivity index (χ4v) is 2.72. The number of nitrogens with zero attached hydrogens (tertiary/aromatic N) is 3. The Morgan fingerprint density at radius 1 is 1.30 bits per heavy atom. The molecule has 2 heterocycles. The normalized spacial score (nSPS) is 15.5. The number of hydrogen-bond donors (Lipinski definition) is 1. The van der Waals surface area contributed by atoms with Crippen molar-refractivity contribution in [2.75, 3.05) is 26.8 Å². The van der Waals surface area contributed by atoms with Gasteiger partial charge in [-0.1, -0.05) is 6.07 Å². The van der Waals surface area contributed by atoms with Crippen LogP contribution in [0.2, 0.25) is 0 Å². The second-order valence-corrected chi connectivity index (χ2v) is 5.99. The molecule has 3 rings (SSSR count). The van der Waals surface area contributed by atoms with E-state index in [1.54, 1.807) is 4.68 Å². The Balaban J connectivity index is 1.63. The minimum absolute atomic E-state index is 0.536. The number of fused-ring (bicyclic) bond motifs is 1. The fraction of sp³-hybridized carbons (Fsp3) is 0.471. The summed E-state index contributed by atoms with van der Waals surface area (Å²) in [6.07, 6.45) is 4.13. The van der Waals surface area contributed by atoms with Crippen LogP contribution in [-0.2, 0) is 13.6 Å². The summed E-state index contributed by atoms with van der Waals surface area (Å²) in [5.41, 5.74) is 1.97. The molecule has 6 nitrogen and oxygen atoms in total. The summed E-state index contributed by atoms with van der Waals surface area (Å²) < 4.78 is 13.1. The molecule has 0 aliphatic carbocycles. The zero-order valence-corrected chi connectivity index (χ0v) is 13.6. The lowest BCUT2D eigenvalue weighted by molar-refractivity contribution is 0.123. The van der Waals surface area contributed by atoms with Gasteiger partial charge in [0.15, 0.2) is 11.5 Å². The third kappa shape index (κ3) is 4.03. The maximum Gasteiger partial charge on any atom is 0.161 e. The van der Waals surface area contributed by atoms with Gasteiger partial charge in [0.25, 0.3) is 0 Å². The maximum atomic E-state index is 10.5. The number of benzene rings is 1. The quantitative estimate of drug-likeness (QED) is 0.910. The summed E-state index contributed by atoms with van der Waals surface area (Å²) in [5, 5.41) is 14.6. The van der Waals surface area contributed by atoms with Crippen molar-refractivity contribution in [2.45, 2.75) is 19.1 Å². The Labute approximate surface area is 136 Å². The van der Waals surface area contributed by atoms with E-state index < -0.39 is 6.10 Å². The Bertz CT molecular complexity index is 656. The Hall–Kier alpha value is -2.05. The van der Waals surface area contributed by atoms with Crippen molar-refractivity contribution in [3.63, 3.8) is 0 Å². The van der Waals surface area contributed by atoms with Crippen molar-refractivity contribution in [1.82, 2.24) is 14.7 Å². The average molecular weight is 317 g/mol. The summed E-state index contributed by atoms with van der Waals surface area (Å²) in [4.78, 5) is 2.07. The molecule has 0 spiro atoms. The van der Waals surface area contributed by atoms with E-state index in [0.29, 0.717) is 25.5 Å². The number of likely N-dealkylation sites (N-methyl/N-ethyl adjacent to an activating group) is 1. The minimum atomic E-state index is -0.575. The highest BCUT2D eigenvalue weighted by atomic mass is 16.5. The third-order valence-electron chi connectivity index (χ3n) is 3.85. The lowest BCUT2D eigenvalue weighted by Gasteiger charge is -2.21. The zero-order valence-electron chi connectivity index (χ0n) is 13.6. The van der Waals surface area contributed by atoms with Crippen LogP contribution in [-0.4, -0.2) is 46.6 Å². The SMILES string of the molecule is CN(Cc1cnn(C)c1)C[C@H](O)c1ccc2c(c1)OCCCO2. The van der Waals surface area contributed by atoms with Crippen molar-refractivity contribution in [1.29, 1.82) is 0 Å². The van der Waals surface area contributed by atoms with Gasteiger partial charge in [-0.05, 0) is 24.7 Å². The van der Waals surface area contributed by atoms with Crippen LogP contribution in [0.4, 0.5) is 0 Å². The fourth-order valence-electron chi connectivity index (χ4n) is 2.72. The molecule has 1 N–H and O–H groups in total. The van der Waals surface area contributed by atoms with Gasteiger partial charge in [0.1, 0.15) is 0 Å². The molecule has 6 heteroatoms. The maximum absolute atomic E-state index is 10.5. The van der Waals surface area contributed by atoms with E-state index in [1.165, 1.54) is 0 Å². The van der Waals surface area contributed by atoms with Gasteiger partial charge in [-0.15, -0.1) is 0 Å². The largest absolute Gasteiger partial charge is 0.490 e. The van der Waals surface area contributed by atoms with Gasteiger partial charge < -0.3 is 14.6 Å². The second kappa shape index (κ2) is 7.02. The van der Waals surface area contributed by atoms with Crippen LogP contribution in [0.5, 0.6) is 11.5 Å². The van der Waals surface area contributed by atoms with E-state index in [-0.39, 0.29) is 0 Å². The molecule has 23 heavy (non-hydrogen) atoms. The summed E-state index contributed by atoms with van der Waals surface area (Å²) in [6, 6.07) is 5.65. The summed E-state index contributed by atoms with van der Waals surface area (Å²) >= 11 is 0. The van der Waals surface area contributed by atoms with Gasteiger partial charge in [0.2, 0.25) is 0 Å². The van der Waals surface area contributed by atoms with E-state index in [1.807, 2.05) is 44.7 Å². The van der Waals surface area contributed by atoms with Crippen molar-refractivity contribution in [2.24, 2.45) is 7.05 Å². The first-order valence-corrected chi connectivity index (χ1v) is 7.85. The van der Waals surface area contributed by atoms with Crippen LogP contribution in [0.1, 0.15) is 23.7 Å². The molecule has 0 fully saturated rings. The van der Waals surface area contributed by atoms with Crippen molar-refractivity contribution in [3.8, 4) is 11.5 Å². The van der Waals surface area contributed by atoms with Gasteiger partial charge >= 0.3 is 0 Å². The standard InChI is InChI=1S/C17H23N3O3/c1-19(10-13-9-18-20(2)11-13)12-15(21)14-4-5-16-17(8-14)23-7-3-6-22-16/h4-5,8-9,11,15,21H,3,6-7,10,12H2,1-2H3/t15-/m0/s1. The van der Waals surface area contributed by atoms with E-state index in [2.05, 4.69) is 10.00 Å². The van der Waals surface area contributed by atoms with Gasteiger partial charge in [-0.2, -0.15) is 5.10 Å². The number of aryl methyl sites for hydroxylation is 1. The smallest absolute Gasteiger partial charge is 0.161 e. The molecule has 1 aromatic carbocycles. The lowest BCUT2D eigenvalue weighted by Crippen LogP contribution is -2.24. The topological polar surface area (TPSA) is 59.8 Å². The monoisotopic (exact) mass is 317 g/mol. The average Bonchev–Trinajstić information content (AvgIpc) is 2.79. The van der Waals surface area contributed by atoms with Gasteiger partial charge in [0, 0.05) is 38.3 Å². The number of aliphatic hydroxyl groups excluding tert-OH is 1. The molecule has 0 amide bonds. The van der Waals surface area contributed by atoms with Crippen LogP contribution in [0.15, 0.2) is 30.6 Å². The molecular weight excluding hydrogens is 294 g/mol. The Morgan fingerprint density at radius 3 is 2.83 bits per heavy atom. The predicted molar refractivity (Wildman–Crippen MR) is 86.6 cm³/mol. The van der Waals surface area contributed by atoms with Gasteiger partial charge in [0.05, 0.1) is 25.5 Å². The molecule has 2 aromatic rings. The van der Waals surface area contributed by atoms with Crippen LogP contribution < -0.4 is 9.47 Å². The molecule has 1 aromatic heterocycles. The number of ether oxygens (including phenoxy) is 2. The summed E-state index contributed by atoms with van der Waals surface area (Å²) in [7, 11) is 3.88. The molecule has 0 unspecified atom stereocenters. The molecule has 1 aliphatic rings. The van der Waals surface area contributed by atoms with Crippen molar-refractivity contribution in [3.05, 3.63) is 41.7 Å². The highest BCUT2D eigenvalue weighted by molar-refractivity contribution is 5.44. The first-order valence-electron chi connectivity index (χ1n) is 7.85. The number of aromatic nitrogens is 2. The Morgan fingerprint density at radius 2 is 2.09 bits per heavy atom. The molecule has 0 saturated heterocycles. The van der Waals surface area contributed by atoms with Gasteiger partial charge in [-0.3, -0.25) is 9.58 Å². The first-order chi connectivity index (χ1) is 11.1. The van der Waals surface area contributed by atoms with Crippen LogP contribution in [0.3, 0.4) is 0 Å². The molecule has 0 saturated carbocycles. The highest BCUT2D eigenvalue weighted by Crippen LogP contribution is 2.32. The van der Waals surface area contributed by atoms with E-state index in [4.69, 9.17) is 9.47 Å².